The molecule has 3 unspecified atom stereocenters. The first-order valence-electron chi connectivity index (χ1n) is 6.00. The van der Waals surface area contributed by atoms with Crippen molar-refractivity contribution in [1.29, 1.82) is 0 Å². The first-order valence-corrected chi connectivity index (χ1v) is 6.00. The minimum absolute atomic E-state index is 0.557. The van der Waals surface area contributed by atoms with E-state index < -0.39 is 0 Å². The zero-order valence-corrected chi connectivity index (χ0v) is 8.68. The van der Waals surface area contributed by atoms with Gasteiger partial charge < -0.3 is 5.32 Å². The number of hydrogen-bond donors (Lipinski definition) is 1. The zero-order chi connectivity index (χ0) is 8.89. The molecule has 3 atom stereocenters. The van der Waals surface area contributed by atoms with Crippen LogP contribution in [0.15, 0.2) is 0 Å². The molecule has 3 fully saturated rings. The Hall–Kier alpha value is -0.0400. The van der Waals surface area contributed by atoms with E-state index >= 15 is 0 Å². The van der Waals surface area contributed by atoms with Gasteiger partial charge in [0.2, 0.25) is 0 Å². The van der Waals surface area contributed by atoms with Gasteiger partial charge in [-0.3, -0.25) is 0 Å². The first-order chi connectivity index (χ1) is 6.25. The molecule has 2 bridgehead atoms. The minimum Gasteiger partial charge on any atom is -0.311 e. The Kier molecular flexibility index (Phi) is 1.74. The quantitative estimate of drug-likeness (QED) is 0.702. The molecule has 1 heteroatoms. The van der Waals surface area contributed by atoms with Gasteiger partial charge in [-0.2, -0.15) is 0 Å². The van der Waals surface area contributed by atoms with Crippen molar-refractivity contribution in [1.82, 2.24) is 5.32 Å². The molecule has 3 aliphatic rings. The lowest BCUT2D eigenvalue weighted by molar-refractivity contribution is 0.305. The highest BCUT2D eigenvalue weighted by Crippen LogP contribution is 2.48. The van der Waals surface area contributed by atoms with Crippen molar-refractivity contribution in [3.63, 3.8) is 0 Å². The summed E-state index contributed by atoms with van der Waals surface area (Å²) in [5, 5.41) is 3.76. The molecule has 1 nitrogen and oxygen atoms in total. The molecular weight excluding hydrogens is 158 g/mol. The highest BCUT2D eigenvalue weighted by atomic mass is 15.0. The second-order valence-electron chi connectivity index (χ2n) is 5.88. The number of nitrogens with one attached hydrogen (secondary N) is 1. The normalized spacial score (nSPS) is 45.5. The molecule has 0 saturated heterocycles. The van der Waals surface area contributed by atoms with Crippen molar-refractivity contribution in [3.8, 4) is 0 Å². The van der Waals surface area contributed by atoms with E-state index in [0.29, 0.717) is 5.54 Å². The van der Waals surface area contributed by atoms with Gasteiger partial charge in [0, 0.05) is 5.54 Å². The Morgan fingerprint density at radius 3 is 2.62 bits per heavy atom. The molecule has 0 aromatic carbocycles. The minimum atomic E-state index is 0.557. The van der Waals surface area contributed by atoms with Gasteiger partial charge >= 0.3 is 0 Å². The standard InChI is InChI=1S/C12H21N/c1-12(4-5-12)13-8-11-7-9-2-3-10(11)6-9/h9-11,13H,2-8H2,1H3. The average molecular weight is 179 g/mol. The summed E-state index contributed by atoms with van der Waals surface area (Å²) in [4.78, 5) is 0. The van der Waals surface area contributed by atoms with Gasteiger partial charge in [-0.1, -0.05) is 6.42 Å². The molecule has 0 heterocycles. The van der Waals surface area contributed by atoms with E-state index in [1.807, 2.05) is 0 Å². The lowest BCUT2D eigenvalue weighted by Gasteiger charge is -2.24. The van der Waals surface area contributed by atoms with Crippen molar-refractivity contribution in [2.75, 3.05) is 6.54 Å². The maximum atomic E-state index is 3.76. The largest absolute Gasteiger partial charge is 0.311 e. The third kappa shape index (κ3) is 1.52. The van der Waals surface area contributed by atoms with Gasteiger partial charge in [-0.05, 0) is 63.3 Å². The van der Waals surface area contributed by atoms with E-state index in [9.17, 15) is 0 Å². The second kappa shape index (κ2) is 2.73. The molecule has 0 spiro atoms. The van der Waals surface area contributed by atoms with Crippen molar-refractivity contribution < 1.29 is 0 Å². The molecule has 0 amide bonds. The maximum Gasteiger partial charge on any atom is 0.0154 e. The SMILES string of the molecule is CC1(NCC2CC3CCC2C3)CC1. The average Bonchev–Trinajstić information content (AvgIpc) is 2.63. The van der Waals surface area contributed by atoms with E-state index in [-0.39, 0.29) is 0 Å². The van der Waals surface area contributed by atoms with Gasteiger partial charge in [0.05, 0.1) is 0 Å². The number of fused-ring (bicyclic) bond motifs is 2. The summed E-state index contributed by atoms with van der Waals surface area (Å²) >= 11 is 0. The number of rotatable bonds is 3. The molecule has 13 heavy (non-hydrogen) atoms. The third-order valence-electron chi connectivity index (χ3n) is 4.68. The van der Waals surface area contributed by atoms with E-state index in [2.05, 4.69) is 12.2 Å². The Balaban J connectivity index is 1.51. The summed E-state index contributed by atoms with van der Waals surface area (Å²) in [6.45, 7) is 3.69. The third-order valence-corrected chi connectivity index (χ3v) is 4.68. The molecule has 3 rings (SSSR count). The predicted molar refractivity (Wildman–Crippen MR) is 54.6 cm³/mol. The number of hydrogen-bond acceptors (Lipinski definition) is 1. The highest BCUT2D eigenvalue weighted by Gasteiger charge is 2.42. The summed E-state index contributed by atoms with van der Waals surface area (Å²) < 4.78 is 0. The van der Waals surface area contributed by atoms with Crippen LogP contribution in [0.1, 0.15) is 45.4 Å². The van der Waals surface area contributed by atoms with Crippen LogP contribution in [0.4, 0.5) is 0 Å². The summed E-state index contributed by atoms with van der Waals surface area (Å²) in [5.41, 5.74) is 0.557. The van der Waals surface area contributed by atoms with Crippen molar-refractivity contribution in [2.24, 2.45) is 17.8 Å². The summed E-state index contributed by atoms with van der Waals surface area (Å²) in [7, 11) is 0. The smallest absolute Gasteiger partial charge is 0.0154 e. The van der Waals surface area contributed by atoms with E-state index in [0.717, 1.165) is 17.8 Å². The van der Waals surface area contributed by atoms with Crippen LogP contribution in [0.3, 0.4) is 0 Å². The van der Waals surface area contributed by atoms with Crippen LogP contribution in [-0.2, 0) is 0 Å². The molecule has 0 aromatic rings. The molecule has 0 radical (unpaired) electrons. The van der Waals surface area contributed by atoms with Gasteiger partial charge in [0.15, 0.2) is 0 Å². The van der Waals surface area contributed by atoms with Crippen LogP contribution in [-0.4, -0.2) is 12.1 Å². The van der Waals surface area contributed by atoms with Gasteiger partial charge in [0.25, 0.3) is 0 Å². The van der Waals surface area contributed by atoms with Crippen LogP contribution in [0.25, 0.3) is 0 Å². The molecule has 0 aromatic heterocycles. The highest BCUT2D eigenvalue weighted by molar-refractivity contribution is 4.99. The van der Waals surface area contributed by atoms with Crippen LogP contribution in [0.2, 0.25) is 0 Å². The first kappa shape index (κ1) is 8.28. The van der Waals surface area contributed by atoms with Crippen molar-refractivity contribution in [3.05, 3.63) is 0 Å². The van der Waals surface area contributed by atoms with Crippen molar-refractivity contribution in [2.45, 2.75) is 51.0 Å². The van der Waals surface area contributed by atoms with Crippen molar-refractivity contribution >= 4 is 0 Å². The van der Waals surface area contributed by atoms with Crippen LogP contribution < -0.4 is 5.32 Å². The summed E-state index contributed by atoms with van der Waals surface area (Å²) in [6, 6.07) is 0. The molecule has 3 saturated carbocycles. The van der Waals surface area contributed by atoms with Crippen LogP contribution >= 0.6 is 0 Å². The van der Waals surface area contributed by atoms with Gasteiger partial charge in [-0.15, -0.1) is 0 Å². The molecule has 0 aliphatic heterocycles. The second-order valence-corrected chi connectivity index (χ2v) is 5.88. The van der Waals surface area contributed by atoms with Crippen LogP contribution in [0, 0.1) is 17.8 Å². The van der Waals surface area contributed by atoms with Gasteiger partial charge in [-0.25, -0.2) is 0 Å². The molecule has 1 N–H and O–H groups in total. The maximum absolute atomic E-state index is 3.76. The lowest BCUT2D eigenvalue weighted by Crippen LogP contribution is -2.34. The fourth-order valence-electron chi connectivity index (χ4n) is 3.37. The Morgan fingerprint density at radius 2 is 2.08 bits per heavy atom. The van der Waals surface area contributed by atoms with E-state index in [1.165, 1.54) is 32.2 Å². The van der Waals surface area contributed by atoms with E-state index in [1.54, 1.807) is 12.8 Å². The van der Waals surface area contributed by atoms with Crippen LogP contribution in [0.5, 0.6) is 0 Å². The monoisotopic (exact) mass is 179 g/mol. The predicted octanol–water partition coefficient (Wildman–Crippen LogP) is 2.56. The Bertz CT molecular complexity index is 207. The lowest BCUT2D eigenvalue weighted by atomic mass is 9.88. The fraction of sp³-hybridized carbons (Fsp3) is 1.00. The fourth-order valence-corrected chi connectivity index (χ4v) is 3.37. The van der Waals surface area contributed by atoms with Gasteiger partial charge in [0.1, 0.15) is 0 Å². The Labute approximate surface area is 81.3 Å². The summed E-state index contributed by atoms with van der Waals surface area (Å²) in [6.07, 6.45) is 8.99. The molecule has 74 valence electrons. The van der Waals surface area contributed by atoms with E-state index in [4.69, 9.17) is 0 Å². The Morgan fingerprint density at radius 1 is 1.23 bits per heavy atom. The zero-order valence-electron chi connectivity index (χ0n) is 8.68. The molecule has 3 aliphatic carbocycles. The summed E-state index contributed by atoms with van der Waals surface area (Å²) in [5.74, 6) is 3.25. The molecular formula is C12H21N. The topological polar surface area (TPSA) is 12.0 Å².